The van der Waals surface area contributed by atoms with Crippen molar-refractivity contribution < 1.29 is 9.59 Å². The number of H-pyrrole nitrogens is 1. The minimum absolute atomic E-state index is 0.0111. The van der Waals surface area contributed by atoms with E-state index >= 15 is 0 Å². The highest BCUT2D eigenvalue weighted by molar-refractivity contribution is 5.86. The zero-order valence-corrected chi connectivity index (χ0v) is 12.3. The van der Waals surface area contributed by atoms with E-state index in [2.05, 4.69) is 16.4 Å². The van der Waals surface area contributed by atoms with Crippen molar-refractivity contribution in [3.05, 3.63) is 36.0 Å². The topological polar surface area (TPSA) is 65.2 Å². The van der Waals surface area contributed by atoms with Crippen molar-refractivity contribution in [1.82, 2.24) is 15.2 Å². The molecular weight excluding hydrogens is 278 g/mol. The number of aromatic amines is 1. The number of nitrogens with one attached hydrogen (secondary N) is 2. The Morgan fingerprint density at radius 1 is 1.27 bits per heavy atom. The predicted octanol–water partition coefficient (Wildman–Crippen LogP) is 1.30. The van der Waals surface area contributed by atoms with Gasteiger partial charge in [0.1, 0.15) is 0 Å². The molecule has 2 fully saturated rings. The molecule has 1 aromatic carbocycles. The van der Waals surface area contributed by atoms with Crippen molar-refractivity contribution in [2.75, 3.05) is 19.6 Å². The van der Waals surface area contributed by atoms with Crippen LogP contribution < -0.4 is 5.32 Å². The smallest absolute Gasteiger partial charge is 0.225 e. The van der Waals surface area contributed by atoms with E-state index in [-0.39, 0.29) is 17.7 Å². The summed E-state index contributed by atoms with van der Waals surface area (Å²) in [5.41, 5.74) is 2.29. The van der Waals surface area contributed by atoms with Crippen LogP contribution >= 0.6 is 0 Å². The number of aromatic nitrogens is 1. The second kappa shape index (κ2) is 5.16. The lowest BCUT2D eigenvalue weighted by molar-refractivity contribution is -0.130. The van der Waals surface area contributed by atoms with Crippen LogP contribution in [-0.2, 0) is 16.0 Å². The second-order valence-corrected chi connectivity index (χ2v) is 6.27. The highest BCUT2D eigenvalue weighted by Crippen LogP contribution is 2.28. The van der Waals surface area contributed by atoms with Crippen molar-refractivity contribution in [3.8, 4) is 0 Å². The Hall–Kier alpha value is -2.30. The molecule has 1 aromatic heterocycles. The lowest BCUT2D eigenvalue weighted by Crippen LogP contribution is -2.33. The van der Waals surface area contributed by atoms with Gasteiger partial charge in [-0.2, -0.15) is 0 Å². The van der Waals surface area contributed by atoms with E-state index in [1.54, 1.807) is 0 Å². The third-order valence-electron chi connectivity index (χ3n) is 4.95. The molecule has 0 saturated carbocycles. The molecule has 2 N–H and O–H groups in total. The summed E-state index contributed by atoms with van der Waals surface area (Å²) in [6.45, 7) is 2.02. The molecule has 5 nitrogen and oxygen atoms in total. The SMILES string of the molecule is O=C1NC[C@H]2CN(C(=O)CCc3c[nH]c4ccccc34)C[C@@H]12. The van der Waals surface area contributed by atoms with Gasteiger partial charge in [-0.05, 0) is 18.1 Å². The van der Waals surface area contributed by atoms with Crippen molar-refractivity contribution >= 4 is 22.7 Å². The summed E-state index contributed by atoms with van der Waals surface area (Å²) in [7, 11) is 0. The normalized spacial score (nSPS) is 23.8. The standard InChI is InChI=1S/C17H19N3O2/c21-16(20-9-12-8-19-17(22)14(12)10-20)6-5-11-7-18-15-4-2-1-3-13(11)15/h1-4,7,12,14,18H,5-6,8-10H2,(H,19,22)/t12-,14+/m0/s1. The Morgan fingerprint density at radius 3 is 3.00 bits per heavy atom. The minimum Gasteiger partial charge on any atom is -0.361 e. The molecule has 2 aromatic rings. The number of rotatable bonds is 3. The number of likely N-dealkylation sites (tertiary alicyclic amines) is 1. The molecule has 2 aliphatic heterocycles. The number of aryl methyl sites for hydroxylation is 1. The lowest BCUT2D eigenvalue weighted by atomic mass is 10.0. The maximum absolute atomic E-state index is 12.4. The summed E-state index contributed by atoms with van der Waals surface area (Å²) >= 11 is 0. The Labute approximate surface area is 128 Å². The van der Waals surface area contributed by atoms with Crippen molar-refractivity contribution in [3.63, 3.8) is 0 Å². The Balaban J connectivity index is 1.40. The predicted molar refractivity (Wildman–Crippen MR) is 83.2 cm³/mol. The van der Waals surface area contributed by atoms with Gasteiger partial charge >= 0.3 is 0 Å². The molecule has 0 bridgehead atoms. The lowest BCUT2D eigenvalue weighted by Gasteiger charge is -2.17. The van der Waals surface area contributed by atoms with E-state index in [0.717, 1.165) is 25.0 Å². The largest absolute Gasteiger partial charge is 0.361 e. The molecule has 2 saturated heterocycles. The van der Waals surface area contributed by atoms with Crippen LogP contribution in [0, 0.1) is 11.8 Å². The van der Waals surface area contributed by atoms with Gasteiger partial charge in [0.2, 0.25) is 11.8 Å². The fourth-order valence-electron chi connectivity index (χ4n) is 3.68. The summed E-state index contributed by atoms with van der Waals surface area (Å²) in [6, 6.07) is 8.14. The average molecular weight is 297 g/mol. The van der Waals surface area contributed by atoms with Crippen LogP contribution in [0.1, 0.15) is 12.0 Å². The van der Waals surface area contributed by atoms with Crippen LogP contribution in [0.15, 0.2) is 30.5 Å². The number of hydrogen-bond donors (Lipinski definition) is 2. The fraction of sp³-hybridized carbons (Fsp3) is 0.412. The molecule has 0 radical (unpaired) electrons. The first kappa shape index (κ1) is 13.4. The van der Waals surface area contributed by atoms with Gasteiger partial charge in [-0.1, -0.05) is 18.2 Å². The highest BCUT2D eigenvalue weighted by atomic mass is 16.2. The Bertz CT molecular complexity index is 736. The van der Waals surface area contributed by atoms with Gasteiger partial charge in [0.15, 0.2) is 0 Å². The second-order valence-electron chi connectivity index (χ2n) is 6.27. The average Bonchev–Trinajstić information content (AvgIpc) is 3.21. The van der Waals surface area contributed by atoms with E-state index in [0.29, 0.717) is 18.9 Å². The van der Waals surface area contributed by atoms with Gasteiger partial charge in [0.05, 0.1) is 5.92 Å². The first-order valence-corrected chi connectivity index (χ1v) is 7.83. The van der Waals surface area contributed by atoms with E-state index < -0.39 is 0 Å². The van der Waals surface area contributed by atoms with E-state index in [9.17, 15) is 9.59 Å². The number of fused-ring (bicyclic) bond motifs is 2. The van der Waals surface area contributed by atoms with Gasteiger partial charge in [0, 0.05) is 49.1 Å². The number of hydrogen-bond acceptors (Lipinski definition) is 2. The van der Waals surface area contributed by atoms with Gasteiger partial charge in [-0.25, -0.2) is 0 Å². The molecule has 0 aliphatic carbocycles. The van der Waals surface area contributed by atoms with Crippen molar-refractivity contribution in [1.29, 1.82) is 0 Å². The number of carbonyl (C=O) groups excluding carboxylic acids is 2. The van der Waals surface area contributed by atoms with Crippen molar-refractivity contribution in [2.24, 2.45) is 11.8 Å². The van der Waals surface area contributed by atoms with Crippen LogP contribution in [0.3, 0.4) is 0 Å². The Kier molecular flexibility index (Phi) is 3.13. The molecule has 0 unspecified atom stereocenters. The number of carbonyl (C=O) groups is 2. The quantitative estimate of drug-likeness (QED) is 0.897. The third-order valence-corrected chi connectivity index (χ3v) is 4.95. The molecule has 22 heavy (non-hydrogen) atoms. The van der Waals surface area contributed by atoms with Gasteiger partial charge in [0.25, 0.3) is 0 Å². The first-order valence-electron chi connectivity index (χ1n) is 7.83. The van der Waals surface area contributed by atoms with E-state index in [4.69, 9.17) is 0 Å². The van der Waals surface area contributed by atoms with Crippen LogP contribution in [-0.4, -0.2) is 41.3 Å². The molecular formula is C17H19N3O2. The molecule has 2 aliphatic rings. The summed E-state index contributed by atoms with van der Waals surface area (Å²) in [4.78, 5) is 29.2. The highest BCUT2D eigenvalue weighted by Gasteiger charge is 2.43. The van der Waals surface area contributed by atoms with Crippen LogP contribution in [0.5, 0.6) is 0 Å². The number of para-hydroxylation sites is 1. The molecule has 4 rings (SSSR count). The Morgan fingerprint density at radius 2 is 2.14 bits per heavy atom. The maximum Gasteiger partial charge on any atom is 0.225 e. The number of amides is 2. The van der Waals surface area contributed by atoms with Gasteiger partial charge in [-0.15, -0.1) is 0 Å². The van der Waals surface area contributed by atoms with E-state index in [1.807, 2.05) is 29.3 Å². The summed E-state index contributed by atoms with van der Waals surface area (Å²) < 4.78 is 0. The molecule has 2 amide bonds. The molecule has 3 heterocycles. The third kappa shape index (κ3) is 2.17. The molecule has 5 heteroatoms. The number of benzene rings is 1. The van der Waals surface area contributed by atoms with Crippen molar-refractivity contribution in [2.45, 2.75) is 12.8 Å². The molecule has 114 valence electrons. The van der Waals surface area contributed by atoms with E-state index in [1.165, 1.54) is 10.9 Å². The van der Waals surface area contributed by atoms with Crippen LogP contribution in [0.4, 0.5) is 0 Å². The summed E-state index contributed by atoms with van der Waals surface area (Å²) in [5.74, 6) is 0.589. The van der Waals surface area contributed by atoms with Crippen LogP contribution in [0.25, 0.3) is 10.9 Å². The fourth-order valence-corrected chi connectivity index (χ4v) is 3.68. The first-order chi connectivity index (χ1) is 10.7. The van der Waals surface area contributed by atoms with Crippen LogP contribution in [0.2, 0.25) is 0 Å². The summed E-state index contributed by atoms with van der Waals surface area (Å²) in [5, 5.41) is 4.06. The van der Waals surface area contributed by atoms with Gasteiger partial charge < -0.3 is 15.2 Å². The monoisotopic (exact) mass is 297 g/mol. The maximum atomic E-state index is 12.4. The zero-order valence-electron chi connectivity index (χ0n) is 12.3. The summed E-state index contributed by atoms with van der Waals surface area (Å²) in [6.07, 6.45) is 3.23. The number of nitrogens with zero attached hydrogens (tertiary/aromatic N) is 1. The zero-order chi connectivity index (χ0) is 15.1. The molecule has 0 spiro atoms. The van der Waals surface area contributed by atoms with Gasteiger partial charge in [-0.3, -0.25) is 9.59 Å². The molecule has 2 atom stereocenters. The minimum atomic E-state index is 0.0111.